The molecule has 8 heteroatoms. The summed E-state index contributed by atoms with van der Waals surface area (Å²) >= 11 is 0. The van der Waals surface area contributed by atoms with Gasteiger partial charge in [0, 0.05) is 44.2 Å². The van der Waals surface area contributed by atoms with Crippen LogP contribution in [-0.4, -0.2) is 54.2 Å². The highest BCUT2D eigenvalue weighted by Gasteiger charge is 2.32. The van der Waals surface area contributed by atoms with E-state index in [2.05, 4.69) is 4.74 Å². The first-order chi connectivity index (χ1) is 13.8. The molecular formula is C21H25F3N2O3. The van der Waals surface area contributed by atoms with Crippen molar-refractivity contribution in [3.8, 4) is 5.75 Å². The van der Waals surface area contributed by atoms with E-state index in [1.165, 1.54) is 43.2 Å². The Balaban J connectivity index is 1.51. The maximum Gasteiger partial charge on any atom is 0.573 e. The second-order valence-corrected chi connectivity index (χ2v) is 7.48. The van der Waals surface area contributed by atoms with Gasteiger partial charge in [-0.2, -0.15) is 0 Å². The molecule has 0 aromatic heterocycles. The molecule has 1 aromatic carbocycles. The van der Waals surface area contributed by atoms with Gasteiger partial charge in [-0.1, -0.05) is 31.0 Å². The van der Waals surface area contributed by atoms with Gasteiger partial charge >= 0.3 is 6.36 Å². The molecule has 2 amide bonds. The molecular weight excluding hydrogens is 385 g/mol. The van der Waals surface area contributed by atoms with Crippen LogP contribution in [0.25, 0.3) is 6.08 Å². The van der Waals surface area contributed by atoms with Crippen molar-refractivity contribution in [1.29, 1.82) is 0 Å². The average Bonchev–Trinajstić information content (AvgIpc) is 3.19. The lowest BCUT2D eigenvalue weighted by Crippen LogP contribution is -2.50. The highest BCUT2D eigenvalue weighted by Crippen LogP contribution is 2.28. The van der Waals surface area contributed by atoms with Crippen molar-refractivity contribution in [1.82, 2.24) is 9.80 Å². The van der Waals surface area contributed by atoms with Gasteiger partial charge in [-0.05, 0) is 30.9 Å². The molecule has 1 aliphatic heterocycles. The van der Waals surface area contributed by atoms with Crippen LogP contribution in [0.4, 0.5) is 13.2 Å². The molecule has 1 saturated carbocycles. The second-order valence-electron chi connectivity index (χ2n) is 7.48. The number of piperazine rings is 1. The van der Waals surface area contributed by atoms with Gasteiger partial charge in [0.25, 0.3) is 0 Å². The SMILES string of the molecule is O=C(/C=C/c1ccccc1OC(F)(F)F)N1CCN(C(=O)CC2CCCC2)CC1. The number of nitrogens with zero attached hydrogens (tertiary/aromatic N) is 2. The molecule has 1 heterocycles. The number of ether oxygens (including phenoxy) is 1. The molecule has 0 spiro atoms. The summed E-state index contributed by atoms with van der Waals surface area (Å²) in [7, 11) is 0. The normalized spacial score (nSPS) is 18.4. The van der Waals surface area contributed by atoms with Crippen molar-refractivity contribution in [2.45, 2.75) is 38.5 Å². The lowest BCUT2D eigenvalue weighted by Gasteiger charge is -2.34. The highest BCUT2D eigenvalue weighted by molar-refractivity contribution is 5.92. The van der Waals surface area contributed by atoms with Gasteiger partial charge in [-0.15, -0.1) is 13.2 Å². The summed E-state index contributed by atoms with van der Waals surface area (Å²) in [4.78, 5) is 28.2. The topological polar surface area (TPSA) is 49.9 Å². The third-order valence-electron chi connectivity index (χ3n) is 5.43. The minimum absolute atomic E-state index is 0.151. The molecule has 29 heavy (non-hydrogen) atoms. The molecule has 1 saturated heterocycles. The van der Waals surface area contributed by atoms with Crippen molar-refractivity contribution in [2.75, 3.05) is 26.2 Å². The molecule has 5 nitrogen and oxygen atoms in total. The van der Waals surface area contributed by atoms with Gasteiger partial charge in [0.15, 0.2) is 0 Å². The van der Waals surface area contributed by atoms with Crippen LogP contribution in [0.5, 0.6) is 5.75 Å². The molecule has 2 aliphatic rings. The largest absolute Gasteiger partial charge is 0.573 e. The molecule has 2 fully saturated rings. The van der Waals surface area contributed by atoms with Crippen molar-refractivity contribution in [3.05, 3.63) is 35.9 Å². The highest BCUT2D eigenvalue weighted by atomic mass is 19.4. The number of hydrogen-bond acceptors (Lipinski definition) is 3. The number of carbonyl (C=O) groups excluding carboxylic acids is 2. The van der Waals surface area contributed by atoms with Crippen LogP contribution in [0.1, 0.15) is 37.7 Å². The zero-order chi connectivity index (χ0) is 20.9. The smallest absolute Gasteiger partial charge is 0.405 e. The number of rotatable bonds is 5. The summed E-state index contributed by atoms with van der Waals surface area (Å²) in [5, 5.41) is 0. The van der Waals surface area contributed by atoms with Crippen LogP contribution in [0.2, 0.25) is 0 Å². The van der Waals surface area contributed by atoms with Gasteiger partial charge in [0.05, 0.1) is 0 Å². The van der Waals surface area contributed by atoms with E-state index in [1.807, 2.05) is 0 Å². The molecule has 3 rings (SSSR count). The molecule has 0 bridgehead atoms. The van der Waals surface area contributed by atoms with Crippen molar-refractivity contribution < 1.29 is 27.5 Å². The Hall–Kier alpha value is -2.51. The Labute approximate surface area is 168 Å². The third-order valence-corrected chi connectivity index (χ3v) is 5.43. The number of alkyl halides is 3. The molecule has 0 N–H and O–H groups in total. The Kier molecular flexibility index (Phi) is 6.82. The van der Waals surface area contributed by atoms with Gasteiger partial charge in [-0.3, -0.25) is 9.59 Å². The van der Waals surface area contributed by atoms with E-state index >= 15 is 0 Å². The maximum atomic E-state index is 12.5. The van der Waals surface area contributed by atoms with Crippen LogP contribution >= 0.6 is 0 Å². The molecule has 0 unspecified atom stereocenters. The van der Waals surface area contributed by atoms with Crippen molar-refractivity contribution in [3.63, 3.8) is 0 Å². The van der Waals surface area contributed by atoms with Gasteiger partial charge in [-0.25, -0.2) is 0 Å². The second kappa shape index (κ2) is 9.33. The lowest BCUT2D eigenvalue weighted by atomic mass is 10.0. The zero-order valence-corrected chi connectivity index (χ0v) is 16.2. The molecule has 1 aliphatic carbocycles. The zero-order valence-electron chi connectivity index (χ0n) is 16.2. The fourth-order valence-electron chi connectivity index (χ4n) is 3.87. The minimum Gasteiger partial charge on any atom is -0.405 e. The Bertz CT molecular complexity index is 750. The van der Waals surface area contributed by atoms with Crippen LogP contribution in [-0.2, 0) is 9.59 Å². The Morgan fingerprint density at radius 1 is 1.03 bits per heavy atom. The lowest BCUT2D eigenvalue weighted by molar-refractivity contribution is -0.274. The number of hydrogen-bond donors (Lipinski definition) is 0. The predicted molar refractivity (Wildman–Crippen MR) is 102 cm³/mol. The number of halogens is 3. The number of amides is 2. The summed E-state index contributed by atoms with van der Waals surface area (Å²) in [6.45, 7) is 1.80. The van der Waals surface area contributed by atoms with Crippen molar-refractivity contribution in [2.24, 2.45) is 5.92 Å². The van der Waals surface area contributed by atoms with Crippen LogP contribution in [0, 0.1) is 5.92 Å². The molecule has 0 atom stereocenters. The summed E-state index contributed by atoms with van der Waals surface area (Å²) < 4.78 is 41.4. The molecule has 0 radical (unpaired) electrons. The number of para-hydroxylation sites is 1. The van der Waals surface area contributed by atoms with Crippen molar-refractivity contribution >= 4 is 17.9 Å². The van der Waals surface area contributed by atoms with Crippen LogP contribution in [0.3, 0.4) is 0 Å². The third kappa shape index (κ3) is 6.24. The fraction of sp³-hybridized carbons (Fsp3) is 0.524. The summed E-state index contributed by atoms with van der Waals surface area (Å²) in [6.07, 6.45) is 2.99. The summed E-state index contributed by atoms with van der Waals surface area (Å²) in [5.74, 6) is -0.0112. The van der Waals surface area contributed by atoms with Gasteiger partial charge in [0.1, 0.15) is 5.75 Å². The molecule has 158 valence electrons. The first-order valence-electron chi connectivity index (χ1n) is 9.91. The van der Waals surface area contributed by atoms with E-state index in [4.69, 9.17) is 0 Å². The number of benzene rings is 1. The van der Waals surface area contributed by atoms with E-state index in [1.54, 1.807) is 15.9 Å². The maximum absolute atomic E-state index is 12.5. The van der Waals surface area contributed by atoms with Crippen LogP contribution < -0.4 is 4.74 Å². The number of carbonyl (C=O) groups is 2. The molecule has 1 aromatic rings. The predicted octanol–water partition coefficient (Wildman–Crippen LogP) is 3.85. The monoisotopic (exact) mass is 410 g/mol. The minimum atomic E-state index is -4.80. The summed E-state index contributed by atoms with van der Waals surface area (Å²) in [5.41, 5.74) is 0.170. The first kappa shape index (κ1) is 21.2. The first-order valence-corrected chi connectivity index (χ1v) is 9.91. The standard InChI is InChI=1S/C21H25F3N2O3/c22-21(23,24)29-18-8-4-3-7-17(18)9-10-19(27)25-11-13-26(14-12-25)20(28)15-16-5-1-2-6-16/h3-4,7-10,16H,1-2,5-6,11-15H2/b10-9+. The Morgan fingerprint density at radius 3 is 2.31 bits per heavy atom. The van der Waals surface area contributed by atoms with E-state index in [0.717, 1.165) is 12.8 Å². The van der Waals surface area contributed by atoms with E-state index in [9.17, 15) is 22.8 Å². The summed E-state index contributed by atoms with van der Waals surface area (Å²) in [6, 6.07) is 5.65. The fourth-order valence-corrected chi connectivity index (χ4v) is 3.87. The Morgan fingerprint density at radius 2 is 1.66 bits per heavy atom. The quantitative estimate of drug-likeness (QED) is 0.693. The van der Waals surface area contributed by atoms with Gasteiger partial charge in [0.2, 0.25) is 11.8 Å². The van der Waals surface area contributed by atoms with E-state index in [-0.39, 0.29) is 23.1 Å². The van der Waals surface area contributed by atoms with Crippen LogP contribution in [0.15, 0.2) is 30.3 Å². The van der Waals surface area contributed by atoms with E-state index < -0.39 is 6.36 Å². The average molecular weight is 410 g/mol. The van der Waals surface area contributed by atoms with E-state index in [0.29, 0.717) is 38.5 Å². The van der Waals surface area contributed by atoms with Gasteiger partial charge < -0.3 is 14.5 Å².